The molecule has 3 atom stereocenters. The third kappa shape index (κ3) is 4.78. The van der Waals surface area contributed by atoms with Crippen LogP contribution in [-0.2, 0) is 23.9 Å². The van der Waals surface area contributed by atoms with Crippen molar-refractivity contribution >= 4 is 29.3 Å². The zero-order valence-electron chi connectivity index (χ0n) is 20.0. The number of ether oxygens (including phenoxy) is 2. The number of rotatable bonds is 4. The largest absolute Gasteiger partial charge is 0.468 e. The molecule has 1 saturated carbocycles. The zero-order chi connectivity index (χ0) is 24.4. The standard InChI is InChI=1S/C27H32ClNO5/c1-15-13-20-24(25(30)21(15)26(31)33-3)23(17-9-8-10-18(28)14-17)22(16(2)29-20)27(32)34-19-11-6-4-5-7-12-19/h8-10,14-15,19,21,23,29H,4-7,11-13H2,1-3H3/t15-,21-,23+/m1/s1. The Balaban J connectivity index is 1.77. The molecule has 0 radical (unpaired) electrons. The van der Waals surface area contributed by atoms with E-state index in [0.29, 0.717) is 28.3 Å². The number of ketones is 1. The van der Waals surface area contributed by atoms with Gasteiger partial charge in [0.1, 0.15) is 12.0 Å². The van der Waals surface area contributed by atoms with Crippen LogP contribution in [-0.4, -0.2) is 30.9 Å². The minimum atomic E-state index is -0.912. The maximum Gasteiger partial charge on any atom is 0.337 e. The van der Waals surface area contributed by atoms with E-state index < -0.39 is 23.8 Å². The number of methoxy groups -OCH3 is 1. The van der Waals surface area contributed by atoms with Gasteiger partial charge in [-0.2, -0.15) is 0 Å². The van der Waals surface area contributed by atoms with Crippen LogP contribution in [0.5, 0.6) is 0 Å². The molecule has 0 unspecified atom stereocenters. The average molecular weight is 486 g/mol. The molecule has 1 fully saturated rings. The molecule has 1 N–H and O–H groups in total. The van der Waals surface area contributed by atoms with E-state index in [4.69, 9.17) is 21.1 Å². The maximum atomic E-state index is 13.7. The van der Waals surface area contributed by atoms with Crippen LogP contribution < -0.4 is 5.32 Å². The first-order valence-corrected chi connectivity index (χ1v) is 12.5. The Kier molecular flexibility index (Phi) is 7.46. The van der Waals surface area contributed by atoms with Crippen molar-refractivity contribution in [2.24, 2.45) is 11.8 Å². The number of hydrogen-bond acceptors (Lipinski definition) is 6. The number of nitrogens with one attached hydrogen (secondary N) is 1. The van der Waals surface area contributed by atoms with Gasteiger partial charge in [0, 0.05) is 27.9 Å². The van der Waals surface area contributed by atoms with E-state index in [1.54, 1.807) is 18.2 Å². The predicted octanol–water partition coefficient (Wildman–Crippen LogP) is 5.22. The highest BCUT2D eigenvalue weighted by atomic mass is 35.5. The number of carbonyl (C=O) groups is 3. The fourth-order valence-corrected chi connectivity index (χ4v) is 5.74. The molecule has 0 aromatic heterocycles. The minimum Gasteiger partial charge on any atom is -0.468 e. The van der Waals surface area contributed by atoms with Crippen LogP contribution in [0, 0.1) is 11.8 Å². The fourth-order valence-electron chi connectivity index (χ4n) is 5.55. The molecule has 6 nitrogen and oxygen atoms in total. The van der Waals surface area contributed by atoms with Gasteiger partial charge in [0.05, 0.1) is 12.7 Å². The van der Waals surface area contributed by atoms with Crippen molar-refractivity contribution in [1.29, 1.82) is 0 Å². The molecule has 4 rings (SSSR count). The molecule has 0 saturated heterocycles. The smallest absolute Gasteiger partial charge is 0.337 e. The molecule has 1 aliphatic heterocycles. The van der Waals surface area contributed by atoms with Crippen LogP contribution >= 0.6 is 11.6 Å². The topological polar surface area (TPSA) is 81.7 Å². The van der Waals surface area contributed by atoms with Gasteiger partial charge in [0.2, 0.25) is 0 Å². The molecule has 182 valence electrons. The summed E-state index contributed by atoms with van der Waals surface area (Å²) in [6, 6.07) is 7.19. The summed E-state index contributed by atoms with van der Waals surface area (Å²) in [4.78, 5) is 39.9. The third-order valence-electron chi connectivity index (χ3n) is 7.22. The first-order valence-electron chi connectivity index (χ1n) is 12.1. The Morgan fingerprint density at radius 3 is 2.47 bits per heavy atom. The second-order valence-electron chi connectivity index (χ2n) is 9.61. The molecule has 1 heterocycles. The quantitative estimate of drug-likeness (QED) is 0.358. The monoisotopic (exact) mass is 485 g/mol. The highest BCUT2D eigenvalue weighted by Gasteiger charge is 2.47. The highest BCUT2D eigenvalue weighted by molar-refractivity contribution is 6.30. The molecule has 7 heteroatoms. The second-order valence-corrected chi connectivity index (χ2v) is 10.0. The third-order valence-corrected chi connectivity index (χ3v) is 7.46. The first-order chi connectivity index (χ1) is 16.3. The van der Waals surface area contributed by atoms with E-state index >= 15 is 0 Å². The molecule has 0 amide bonds. The summed E-state index contributed by atoms with van der Waals surface area (Å²) in [7, 11) is 1.29. The van der Waals surface area contributed by atoms with Crippen LogP contribution in [0.2, 0.25) is 5.02 Å². The molecule has 1 aromatic carbocycles. The summed E-state index contributed by atoms with van der Waals surface area (Å²) >= 11 is 6.31. The molecule has 3 aliphatic rings. The Morgan fingerprint density at radius 2 is 1.82 bits per heavy atom. The lowest BCUT2D eigenvalue weighted by molar-refractivity contribution is -0.151. The lowest BCUT2D eigenvalue weighted by Crippen LogP contribution is -2.43. The summed E-state index contributed by atoms with van der Waals surface area (Å²) in [5.41, 5.74) is 2.95. The zero-order valence-corrected chi connectivity index (χ0v) is 20.7. The molecular formula is C27H32ClNO5. The first kappa shape index (κ1) is 24.5. The van der Waals surface area contributed by atoms with Gasteiger partial charge in [0.15, 0.2) is 5.78 Å². The number of esters is 2. The summed E-state index contributed by atoms with van der Waals surface area (Å²) in [6.45, 7) is 3.71. The van der Waals surface area contributed by atoms with E-state index in [0.717, 1.165) is 49.8 Å². The average Bonchev–Trinajstić information content (AvgIpc) is 3.06. The Morgan fingerprint density at radius 1 is 1.12 bits per heavy atom. The highest BCUT2D eigenvalue weighted by Crippen LogP contribution is 2.46. The second kappa shape index (κ2) is 10.3. The number of carbonyl (C=O) groups excluding carboxylic acids is 3. The van der Waals surface area contributed by atoms with Gasteiger partial charge in [-0.15, -0.1) is 0 Å². The van der Waals surface area contributed by atoms with Crippen LogP contribution in [0.25, 0.3) is 0 Å². The molecule has 34 heavy (non-hydrogen) atoms. The number of allylic oxidation sites excluding steroid dienone is 3. The summed E-state index contributed by atoms with van der Waals surface area (Å²) in [6.07, 6.45) is 6.46. The van der Waals surface area contributed by atoms with E-state index in [2.05, 4.69) is 5.32 Å². The van der Waals surface area contributed by atoms with Crippen molar-refractivity contribution in [1.82, 2.24) is 5.32 Å². The van der Waals surface area contributed by atoms with Gasteiger partial charge in [-0.25, -0.2) is 4.79 Å². The van der Waals surface area contributed by atoms with E-state index in [1.165, 1.54) is 7.11 Å². The van der Waals surface area contributed by atoms with Gasteiger partial charge in [-0.1, -0.05) is 43.5 Å². The Hall–Kier alpha value is -2.60. The number of hydrogen-bond donors (Lipinski definition) is 1. The lowest BCUT2D eigenvalue weighted by atomic mass is 9.69. The molecule has 2 aliphatic carbocycles. The van der Waals surface area contributed by atoms with Crippen molar-refractivity contribution in [3.63, 3.8) is 0 Å². The number of Topliss-reactive ketones (excluding diaryl/α,β-unsaturated/α-hetero) is 1. The lowest BCUT2D eigenvalue weighted by Gasteiger charge is -2.38. The van der Waals surface area contributed by atoms with Crippen molar-refractivity contribution in [3.05, 3.63) is 57.4 Å². The number of benzene rings is 1. The minimum absolute atomic E-state index is 0.129. The van der Waals surface area contributed by atoms with Gasteiger partial charge < -0.3 is 14.8 Å². The van der Waals surface area contributed by atoms with Crippen molar-refractivity contribution in [2.75, 3.05) is 7.11 Å². The fraction of sp³-hybridized carbons (Fsp3) is 0.519. The SMILES string of the molecule is COC(=O)[C@H]1C(=O)C2=C(C[C@H]1C)NC(C)=C(C(=O)OC1CCCCCC1)[C@@H]2c1cccc(Cl)c1. The van der Waals surface area contributed by atoms with E-state index in [1.807, 2.05) is 19.9 Å². The molecular weight excluding hydrogens is 454 g/mol. The van der Waals surface area contributed by atoms with Gasteiger partial charge in [-0.3, -0.25) is 9.59 Å². The van der Waals surface area contributed by atoms with Crippen LogP contribution in [0.15, 0.2) is 46.8 Å². The number of halogens is 1. The van der Waals surface area contributed by atoms with Gasteiger partial charge >= 0.3 is 11.9 Å². The van der Waals surface area contributed by atoms with Crippen molar-refractivity contribution < 1.29 is 23.9 Å². The van der Waals surface area contributed by atoms with Crippen LogP contribution in [0.4, 0.5) is 0 Å². The van der Waals surface area contributed by atoms with E-state index in [-0.39, 0.29) is 17.8 Å². The molecule has 0 bridgehead atoms. The Labute approximate surface area is 205 Å². The normalized spacial score (nSPS) is 25.9. The van der Waals surface area contributed by atoms with E-state index in [9.17, 15) is 14.4 Å². The predicted molar refractivity (Wildman–Crippen MR) is 129 cm³/mol. The van der Waals surface area contributed by atoms with Crippen LogP contribution in [0.1, 0.15) is 70.3 Å². The van der Waals surface area contributed by atoms with Gasteiger partial charge in [0.25, 0.3) is 0 Å². The summed E-state index contributed by atoms with van der Waals surface area (Å²) in [5, 5.41) is 3.81. The summed E-state index contributed by atoms with van der Waals surface area (Å²) in [5.74, 6) is -3.09. The van der Waals surface area contributed by atoms with Crippen LogP contribution in [0.3, 0.4) is 0 Å². The Bertz CT molecular complexity index is 1050. The molecule has 1 aromatic rings. The molecule has 0 spiro atoms. The maximum absolute atomic E-state index is 13.7. The van der Waals surface area contributed by atoms with Crippen molar-refractivity contribution in [2.45, 2.75) is 70.8 Å². The van der Waals surface area contributed by atoms with Crippen molar-refractivity contribution in [3.8, 4) is 0 Å². The van der Waals surface area contributed by atoms with Gasteiger partial charge in [-0.05, 0) is 62.6 Å². The number of dihydropyridines is 1. The summed E-state index contributed by atoms with van der Waals surface area (Å²) < 4.78 is 10.9.